The molecule has 1 aliphatic rings. The number of hydrogen-bond acceptors (Lipinski definition) is 3. The van der Waals surface area contributed by atoms with Crippen LogP contribution in [-0.4, -0.2) is 44.0 Å². The fraction of sp³-hybridized carbons (Fsp3) is 0.320. The largest absolute Gasteiger partial charge is 0.370 e. The second kappa shape index (κ2) is 9.50. The van der Waals surface area contributed by atoms with Crippen LogP contribution in [-0.2, 0) is 0 Å². The molecule has 0 bridgehead atoms. The minimum absolute atomic E-state index is 0. The van der Waals surface area contributed by atoms with Crippen molar-refractivity contribution in [3.63, 3.8) is 0 Å². The summed E-state index contributed by atoms with van der Waals surface area (Å²) >= 11 is 0. The molecule has 1 aliphatic heterocycles. The molecule has 1 fully saturated rings. The van der Waals surface area contributed by atoms with Gasteiger partial charge in [0.25, 0.3) is 5.91 Å². The van der Waals surface area contributed by atoms with Crippen LogP contribution in [0.5, 0.6) is 0 Å². The molecule has 1 heterocycles. The first-order chi connectivity index (χ1) is 14.0. The van der Waals surface area contributed by atoms with Crippen molar-refractivity contribution < 1.29 is 4.79 Å². The molecule has 30 heavy (non-hydrogen) atoms. The third kappa shape index (κ3) is 4.61. The number of benzene rings is 3. The molecule has 0 aliphatic carbocycles. The van der Waals surface area contributed by atoms with Crippen molar-refractivity contribution >= 4 is 34.8 Å². The van der Waals surface area contributed by atoms with Crippen LogP contribution in [0.1, 0.15) is 35.3 Å². The Kier molecular flexibility index (Phi) is 7.01. The average molecular weight is 424 g/mol. The number of carbonyl (C=O) groups is 1. The number of nitrogens with zero attached hydrogens (tertiary/aromatic N) is 2. The summed E-state index contributed by atoms with van der Waals surface area (Å²) in [6, 6.07) is 23.9. The van der Waals surface area contributed by atoms with Crippen LogP contribution >= 0.6 is 12.4 Å². The van der Waals surface area contributed by atoms with Gasteiger partial charge in [-0.05, 0) is 53.9 Å². The minimum Gasteiger partial charge on any atom is -0.370 e. The highest BCUT2D eigenvalue weighted by Crippen LogP contribution is 2.27. The van der Waals surface area contributed by atoms with Gasteiger partial charge < -0.3 is 15.1 Å². The number of amides is 1. The molecule has 4 nitrogen and oxygen atoms in total. The summed E-state index contributed by atoms with van der Waals surface area (Å²) in [6.07, 6.45) is 1.12. The molecule has 1 amide bonds. The van der Waals surface area contributed by atoms with Crippen LogP contribution in [0.25, 0.3) is 10.8 Å². The lowest BCUT2D eigenvalue weighted by Gasteiger charge is -2.23. The first kappa shape index (κ1) is 22.1. The molecule has 1 N–H and O–H groups in total. The Bertz CT molecular complexity index is 997. The highest BCUT2D eigenvalue weighted by atomic mass is 35.5. The first-order valence-corrected chi connectivity index (χ1v) is 10.3. The van der Waals surface area contributed by atoms with Crippen molar-refractivity contribution in [1.82, 2.24) is 10.2 Å². The van der Waals surface area contributed by atoms with Gasteiger partial charge >= 0.3 is 0 Å². The maximum absolute atomic E-state index is 12.1. The summed E-state index contributed by atoms with van der Waals surface area (Å²) in [4.78, 5) is 16.1. The maximum atomic E-state index is 12.1. The van der Waals surface area contributed by atoms with Gasteiger partial charge in [0.05, 0.1) is 0 Å². The van der Waals surface area contributed by atoms with Crippen LogP contribution in [0.15, 0.2) is 66.7 Å². The second-order valence-corrected chi connectivity index (χ2v) is 8.13. The summed E-state index contributed by atoms with van der Waals surface area (Å²) < 4.78 is 0. The van der Waals surface area contributed by atoms with E-state index in [2.05, 4.69) is 71.7 Å². The third-order valence-corrected chi connectivity index (χ3v) is 5.85. The monoisotopic (exact) mass is 423 g/mol. The predicted octanol–water partition coefficient (Wildman–Crippen LogP) is 4.89. The Morgan fingerprint density at radius 1 is 1.03 bits per heavy atom. The molecule has 0 spiro atoms. The SMILES string of the molecule is C[C@@H](NC1CCN(c2ccc(C(=O)N(C)C)cc2)C1)c1cccc2ccccc12.Cl. The van der Waals surface area contributed by atoms with Crippen molar-refractivity contribution in [1.29, 1.82) is 0 Å². The first-order valence-electron chi connectivity index (χ1n) is 10.3. The second-order valence-electron chi connectivity index (χ2n) is 8.13. The molecule has 5 heteroatoms. The molecular formula is C25H30ClN3O. The summed E-state index contributed by atoms with van der Waals surface area (Å²) in [5.41, 5.74) is 3.27. The van der Waals surface area contributed by atoms with Crippen molar-refractivity contribution in [2.75, 3.05) is 32.1 Å². The lowest BCUT2D eigenvalue weighted by atomic mass is 9.99. The lowest BCUT2D eigenvalue weighted by molar-refractivity contribution is 0.0827. The van der Waals surface area contributed by atoms with E-state index < -0.39 is 0 Å². The predicted molar refractivity (Wildman–Crippen MR) is 128 cm³/mol. The number of nitrogens with one attached hydrogen (secondary N) is 1. The molecule has 0 saturated carbocycles. The zero-order chi connectivity index (χ0) is 20.4. The minimum atomic E-state index is 0. The van der Waals surface area contributed by atoms with Gasteiger partial charge in [-0.3, -0.25) is 4.79 Å². The van der Waals surface area contributed by atoms with E-state index in [4.69, 9.17) is 0 Å². The number of halogens is 1. The van der Waals surface area contributed by atoms with Crippen molar-refractivity contribution in [2.24, 2.45) is 0 Å². The van der Waals surface area contributed by atoms with Crippen LogP contribution in [0.4, 0.5) is 5.69 Å². The molecule has 3 aromatic rings. The van der Waals surface area contributed by atoms with E-state index in [0.29, 0.717) is 12.1 Å². The normalized spacial score (nSPS) is 16.9. The van der Waals surface area contributed by atoms with Crippen LogP contribution in [0, 0.1) is 0 Å². The number of hydrogen-bond donors (Lipinski definition) is 1. The van der Waals surface area contributed by atoms with Gasteiger partial charge in [0.1, 0.15) is 0 Å². The Balaban J connectivity index is 0.00000256. The van der Waals surface area contributed by atoms with Crippen LogP contribution in [0.2, 0.25) is 0 Å². The number of fused-ring (bicyclic) bond motifs is 1. The van der Waals surface area contributed by atoms with Gasteiger partial charge in [0.2, 0.25) is 0 Å². The Morgan fingerprint density at radius 3 is 2.47 bits per heavy atom. The summed E-state index contributed by atoms with van der Waals surface area (Å²) in [6.45, 7) is 4.27. The molecule has 1 saturated heterocycles. The number of carbonyl (C=O) groups excluding carboxylic acids is 1. The van der Waals surface area contributed by atoms with E-state index >= 15 is 0 Å². The average Bonchev–Trinajstić information content (AvgIpc) is 3.21. The lowest BCUT2D eigenvalue weighted by Crippen LogP contribution is -2.34. The molecule has 158 valence electrons. The molecule has 4 rings (SSSR count). The molecule has 1 unspecified atom stereocenters. The van der Waals surface area contributed by atoms with Gasteiger partial charge in [-0.1, -0.05) is 42.5 Å². The van der Waals surface area contributed by atoms with Gasteiger partial charge in [-0.25, -0.2) is 0 Å². The highest BCUT2D eigenvalue weighted by molar-refractivity contribution is 5.94. The number of anilines is 1. The zero-order valence-electron chi connectivity index (χ0n) is 17.8. The summed E-state index contributed by atoms with van der Waals surface area (Å²) in [5.74, 6) is 0.0430. The van der Waals surface area contributed by atoms with E-state index in [1.165, 1.54) is 22.0 Å². The molecule has 3 aromatic carbocycles. The quantitative estimate of drug-likeness (QED) is 0.634. The van der Waals surface area contributed by atoms with E-state index in [-0.39, 0.29) is 18.3 Å². The van der Waals surface area contributed by atoms with E-state index in [1.54, 1.807) is 19.0 Å². The molecule has 0 radical (unpaired) electrons. The van der Waals surface area contributed by atoms with E-state index in [1.807, 2.05) is 12.1 Å². The standard InChI is InChI=1S/C25H29N3O.ClH/c1-18(23-10-6-8-19-7-4-5-9-24(19)23)26-21-15-16-28(17-21)22-13-11-20(12-14-22)25(29)27(2)3;/h4-14,18,21,26H,15-17H2,1-3H3;1H/t18-,21?;/m1./s1. The molecular weight excluding hydrogens is 394 g/mol. The van der Waals surface area contributed by atoms with Crippen molar-refractivity contribution in [2.45, 2.75) is 25.4 Å². The van der Waals surface area contributed by atoms with Gasteiger partial charge in [-0.2, -0.15) is 0 Å². The van der Waals surface area contributed by atoms with Crippen molar-refractivity contribution in [3.05, 3.63) is 77.9 Å². The fourth-order valence-corrected chi connectivity index (χ4v) is 4.28. The fourth-order valence-electron chi connectivity index (χ4n) is 4.28. The van der Waals surface area contributed by atoms with Gasteiger partial charge in [0, 0.05) is 50.5 Å². The smallest absolute Gasteiger partial charge is 0.253 e. The highest BCUT2D eigenvalue weighted by Gasteiger charge is 2.24. The Morgan fingerprint density at radius 2 is 1.73 bits per heavy atom. The molecule has 2 atom stereocenters. The molecule has 0 aromatic heterocycles. The van der Waals surface area contributed by atoms with Crippen molar-refractivity contribution in [3.8, 4) is 0 Å². The summed E-state index contributed by atoms with van der Waals surface area (Å²) in [7, 11) is 3.56. The van der Waals surface area contributed by atoms with Gasteiger partial charge in [-0.15, -0.1) is 12.4 Å². The maximum Gasteiger partial charge on any atom is 0.253 e. The van der Waals surface area contributed by atoms with E-state index in [9.17, 15) is 4.79 Å². The summed E-state index contributed by atoms with van der Waals surface area (Å²) in [5, 5.41) is 6.44. The third-order valence-electron chi connectivity index (χ3n) is 5.85. The Hall–Kier alpha value is -2.56. The zero-order valence-corrected chi connectivity index (χ0v) is 18.7. The topological polar surface area (TPSA) is 35.6 Å². The van der Waals surface area contributed by atoms with Crippen LogP contribution in [0.3, 0.4) is 0 Å². The van der Waals surface area contributed by atoms with Gasteiger partial charge in [0.15, 0.2) is 0 Å². The van der Waals surface area contributed by atoms with E-state index in [0.717, 1.165) is 25.1 Å². The Labute approximate surface area is 185 Å². The number of rotatable bonds is 5. The van der Waals surface area contributed by atoms with Crippen LogP contribution < -0.4 is 10.2 Å².